The number of ether oxygens (including phenoxy) is 1. The fraction of sp³-hybridized carbons (Fsp3) is 0.188. The van der Waals surface area contributed by atoms with Crippen molar-refractivity contribution in [2.45, 2.75) is 6.54 Å². The van der Waals surface area contributed by atoms with E-state index in [0.29, 0.717) is 6.54 Å². The third-order valence-electron chi connectivity index (χ3n) is 2.47. The molecule has 0 aliphatic rings. The first-order chi connectivity index (χ1) is 9.38. The van der Waals surface area contributed by atoms with E-state index in [-0.39, 0.29) is 0 Å². The normalized spacial score (nSPS) is 9.84. The van der Waals surface area contributed by atoms with Gasteiger partial charge in [0.25, 0.3) is 0 Å². The molecule has 2 rings (SSSR count). The van der Waals surface area contributed by atoms with E-state index in [1.54, 1.807) is 7.11 Å². The van der Waals surface area contributed by atoms with Crippen molar-refractivity contribution >= 4 is 6.21 Å². The summed E-state index contributed by atoms with van der Waals surface area (Å²) in [6.07, 6.45) is 1.88. The summed E-state index contributed by atoms with van der Waals surface area (Å²) in [4.78, 5) is 4.40. The summed E-state index contributed by atoms with van der Waals surface area (Å²) < 4.78 is 5.10. The van der Waals surface area contributed by atoms with Crippen LogP contribution in [0.4, 0.5) is 0 Å². The predicted molar refractivity (Wildman–Crippen MR) is 78.9 cm³/mol. The fourth-order valence-corrected chi connectivity index (χ4v) is 1.53. The molecule has 3 nitrogen and oxygen atoms in total. The predicted octanol–water partition coefficient (Wildman–Crippen LogP) is 2.92. The van der Waals surface area contributed by atoms with Crippen LogP contribution in [0.3, 0.4) is 0 Å². The molecule has 2 aromatic carbocycles. The van der Waals surface area contributed by atoms with Crippen molar-refractivity contribution in [3.8, 4) is 5.75 Å². The van der Waals surface area contributed by atoms with Gasteiger partial charge in [0, 0.05) is 13.3 Å². The van der Waals surface area contributed by atoms with Crippen LogP contribution >= 0.6 is 0 Å². The van der Waals surface area contributed by atoms with Gasteiger partial charge in [-0.2, -0.15) is 0 Å². The summed E-state index contributed by atoms with van der Waals surface area (Å²) in [5.41, 5.74) is 2.30. The van der Waals surface area contributed by atoms with Crippen LogP contribution in [0, 0.1) is 0 Å². The molecule has 2 aromatic rings. The number of aliphatic imine (C=N–C) groups is 1. The minimum Gasteiger partial charge on any atom is -0.497 e. The monoisotopic (exact) mass is 257 g/mol. The minimum absolute atomic E-state index is 0.715. The largest absolute Gasteiger partial charge is 0.497 e. The molecule has 0 amide bonds. The summed E-state index contributed by atoms with van der Waals surface area (Å²) in [5, 5.41) is 7.00. The third kappa shape index (κ3) is 5.36. The lowest BCUT2D eigenvalue weighted by Crippen LogP contribution is -1.86. The smallest absolute Gasteiger partial charge is 0.118 e. The number of aliphatic hydroxyl groups excluding tert-OH is 1. The Morgan fingerprint density at radius 3 is 2.21 bits per heavy atom. The van der Waals surface area contributed by atoms with Gasteiger partial charge >= 0.3 is 0 Å². The molecular formula is C16H19NO2. The van der Waals surface area contributed by atoms with Crippen molar-refractivity contribution in [1.82, 2.24) is 0 Å². The Hall–Kier alpha value is -2.13. The highest BCUT2D eigenvalue weighted by molar-refractivity contribution is 5.79. The van der Waals surface area contributed by atoms with Gasteiger partial charge in [-0.3, -0.25) is 4.99 Å². The molecule has 0 aliphatic heterocycles. The first-order valence-electron chi connectivity index (χ1n) is 6.01. The van der Waals surface area contributed by atoms with E-state index in [1.165, 1.54) is 5.56 Å². The van der Waals surface area contributed by atoms with Crippen molar-refractivity contribution in [3.63, 3.8) is 0 Å². The molecule has 0 aliphatic carbocycles. The Bertz CT molecular complexity index is 478. The Morgan fingerprint density at radius 1 is 1.00 bits per heavy atom. The summed E-state index contributed by atoms with van der Waals surface area (Å²) in [5.74, 6) is 0.866. The highest BCUT2D eigenvalue weighted by atomic mass is 16.5. The maximum atomic E-state index is 7.00. The van der Waals surface area contributed by atoms with Crippen molar-refractivity contribution in [2.24, 2.45) is 4.99 Å². The van der Waals surface area contributed by atoms with Crippen LogP contribution in [0.2, 0.25) is 0 Å². The zero-order valence-electron chi connectivity index (χ0n) is 11.3. The van der Waals surface area contributed by atoms with E-state index in [9.17, 15) is 0 Å². The molecule has 19 heavy (non-hydrogen) atoms. The molecule has 100 valence electrons. The Balaban J connectivity index is 0.000000861. The average molecular weight is 257 g/mol. The molecule has 3 heteroatoms. The first kappa shape index (κ1) is 14.9. The second kappa shape index (κ2) is 8.89. The van der Waals surface area contributed by atoms with E-state index in [1.807, 2.05) is 48.7 Å². The molecular weight excluding hydrogens is 238 g/mol. The molecule has 0 fully saturated rings. The summed E-state index contributed by atoms with van der Waals surface area (Å²) in [6.45, 7) is 0.715. The molecule has 0 heterocycles. The topological polar surface area (TPSA) is 41.8 Å². The molecule has 1 N–H and O–H groups in total. The number of aliphatic hydroxyl groups is 1. The van der Waals surface area contributed by atoms with Gasteiger partial charge in [-0.15, -0.1) is 0 Å². The highest BCUT2D eigenvalue weighted by Crippen LogP contribution is 2.10. The summed E-state index contributed by atoms with van der Waals surface area (Å²) >= 11 is 0. The van der Waals surface area contributed by atoms with Crippen LogP contribution in [0.15, 0.2) is 59.6 Å². The summed E-state index contributed by atoms with van der Waals surface area (Å²) in [7, 11) is 2.67. The van der Waals surface area contributed by atoms with E-state index in [4.69, 9.17) is 9.84 Å². The Labute approximate surface area is 114 Å². The van der Waals surface area contributed by atoms with Crippen LogP contribution in [0.25, 0.3) is 0 Å². The lowest BCUT2D eigenvalue weighted by Gasteiger charge is -1.99. The number of hydrogen-bond acceptors (Lipinski definition) is 3. The maximum absolute atomic E-state index is 7.00. The van der Waals surface area contributed by atoms with Crippen LogP contribution in [0.1, 0.15) is 11.1 Å². The van der Waals surface area contributed by atoms with Crippen molar-refractivity contribution < 1.29 is 9.84 Å². The molecule has 0 bridgehead atoms. The zero-order valence-corrected chi connectivity index (χ0v) is 11.3. The van der Waals surface area contributed by atoms with Crippen molar-refractivity contribution in [3.05, 3.63) is 65.7 Å². The molecule has 0 unspecified atom stereocenters. The lowest BCUT2D eigenvalue weighted by molar-refractivity contribution is 0.399. The quantitative estimate of drug-likeness (QED) is 0.856. The van der Waals surface area contributed by atoms with Crippen LogP contribution in [0.5, 0.6) is 5.75 Å². The number of rotatable bonds is 4. The van der Waals surface area contributed by atoms with Gasteiger partial charge in [-0.25, -0.2) is 0 Å². The zero-order chi connectivity index (χ0) is 13.9. The van der Waals surface area contributed by atoms with Gasteiger partial charge in [-0.1, -0.05) is 30.3 Å². The van der Waals surface area contributed by atoms with Gasteiger partial charge in [0.2, 0.25) is 0 Å². The Morgan fingerprint density at radius 2 is 1.63 bits per heavy atom. The van der Waals surface area contributed by atoms with Gasteiger partial charge in [-0.05, 0) is 35.4 Å². The number of nitrogens with zero attached hydrogens (tertiary/aromatic N) is 1. The Kier molecular flexibility index (Phi) is 6.98. The number of benzene rings is 2. The second-order valence-corrected chi connectivity index (χ2v) is 3.73. The van der Waals surface area contributed by atoms with Crippen LogP contribution in [-0.4, -0.2) is 25.5 Å². The number of hydrogen-bond donors (Lipinski definition) is 1. The summed E-state index contributed by atoms with van der Waals surface area (Å²) in [6, 6.07) is 18.1. The molecule has 0 radical (unpaired) electrons. The molecule has 0 spiro atoms. The molecule has 0 atom stereocenters. The minimum atomic E-state index is 0.715. The maximum Gasteiger partial charge on any atom is 0.118 e. The van der Waals surface area contributed by atoms with E-state index in [0.717, 1.165) is 18.4 Å². The third-order valence-corrected chi connectivity index (χ3v) is 2.47. The SMILES string of the molecule is CO.COc1ccc(C=NCc2ccccc2)cc1. The van der Waals surface area contributed by atoms with E-state index < -0.39 is 0 Å². The fourth-order valence-electron chi connectivity index (χ4n) is 1.53. The second-order valence-electron chi connectivity index (χ2n) is 3.73. The molecule has 0 aromatic heterocycles. The lowest BCUT2D eigenvalue weighted by atomic mass is 10.2. The van der Waals surface area contributed by atoms with Gasteiger partial charge < -0.3 is 9.84 Å². The van der Waals surface area contributed by atoms with Crippen LogP contribution in [-0.2, 0) is 6.54 Å². The van der Waals surface area contributed by atoms with Gasteiger partial charge in [0.05, 0.1) is 13.7 Å². The van der Waals surface area contributed by atoms with Gasteiger partial charge in [0.1, 0.15) is 5.75 Å². The van der Waals surface area contributed by atoms with Crippen molar-refractivity contribution in [1.29, 1.82) is 0 Å². The standard InChI is InChI=1S/C15H15NO.CH4O/c1-17-15-9-7-14(8-10-15)12-16-11-13-5-3-2-4-6-13;1-2/h2-10,12H,11H2,1H3;2H,1H3. The molecule has 0 saturated carbocycles. The highest BCUT2D eigenvalue weighted by Gasteiger charge is 1.91. The van der Waals surface area contributed by atoms with Gasteiger partial charge in [0.15, 0.2) is 0 Å². The van der Waals surface area contributed by atoms with Crippen molar-refractivity contribution in [2.75, 3.05) is 14.2 Å². The first-order valence-corrected chi connectivity index (χ1v) is 6.01. The van der Waals surface area contributed by atoms with E-state index >= 15 is 0 Å². The average Bonchev–Trinajstić information content (AvgIpc) is 2.51. The van der Waals surface area contributed by atoms with Crippen LogP contribution < -0.4 is 4.74 Å². The number of methoxy groups -OCH3 is 1. The molecule has 0 saturated heterocycles. The van der Waals surface area contributed by atoms with E-state index in [2.05, 4.69) is 17.1 Å².